The lowest BCUT2D eigenvalue weighted by atomic mass is 9.90. The van der Waals surface area contributed by atoms with Gasteiger partial charge in [0.15, 0.2) is 0 Å². The van der Waals surface area contributed by atoms with Crippen molar-refractivity contribution in [3.63, 3.8) is 0 Å². The second kappa shape index (κ2) is 7.61. The van der Waals surface area contributed by atoms with E-state index in [0.717, 1.165) is 37.4 Å². The number of hydrogen-bond donors (Lipinski definition) is 0. The van der Waals surface area contributed by atoms with Crippen molar-refractivity contribution < 1.29 is 9.53 Å². The number of ether oxygens (including phenoxy) is 1. The second-order valence-electron chi connectivity index (χ2n) is 6.69. The van der Waals surface area contributed by atoms with Gasteiger partial charge in [0.1, 0.15) is 11.4 Å². The number of piperidine rings is 1. The molecule has 1 amide bonds. The Morgan fingerprint density at radius 1 is 1.11 bits per heavy atom. The van der Waals surface area contributed by atoms with Gasteiger partial charge in [0.05, 0.1) is 18.9 Å². The van der Waals surface area contributed by atoms with E-state index in [9.17, 15) is 4.79 Å². The van der Waals surface area contributed by atoms with Crippen LogP contribution in [-0.2, 0) is 0 Å². The topological polar surface area (TPSA) is 60.2 Å². The Balaban J connectivity index is 1.45. The molecule has 1 aliphatic rings. The summed E-state index contributed by atoms with van der Waals surface area (Å²) in [4.78, 5) is 18.9. The number of nitrogens with zero attached hydrogens (tertiary/aromatic N) is 4. The summed E-state index contributed by atoms with van der Waals surface area (Å²) in [6.45, 7) is 1.51. The molecule has 3 heterocycles. The minimum absolute atomic E-state index is 0.0318. The first-order valence-corrected chi connectivity index (χ1v) is 9.13. The molecule has 0 aliphatic carbocycles. The summed E-state index contributed by atoms with van der Waals surface area (Å²) in [6.07, 6.45) is 9.00. The van der Waals surface area contributed by atoms with Gasteiger partial charge >= 0.3 is 0 Å². The largest absolute Gasteiger partial charge is 0.494 e. The Labute approximate surface area is 158 Å². The van der Waals surface area contributed by atoms with Crippen molar-refractivity contribution in [1.29, 1.82) is 0 Å². The van der Waals surface area contributed by atoms with Crippen LogP contribution in [0, 0.1) is 0 Å². The van der Waals surface area contributed by atoms with Gasteiger partial charge < -0.3 is 9.64 Å². The van der Waals surface area contributed by atoms with Crippen LogP contribution in [0.4, 0.5) is 0 Å². The molecule has 138 valence electrons. The van der Waals surface area contributed by atoms with E-state index < -0.39 is 0 Å². The molecule has 0 bridgehead atoms. The SMILES string of the molecule is COc1ccccc1-n1cc(C(=O)N2CCC(c3ccncc3)CC2)cn1. The monoisotopic (exact) mass is 362 g/mol. The number of carbonyl (C=O) groups is 1. The Kier molecular flexibility index (Phi) is 4.87. The molecule has 1 aromatic carbocycles. The van der Waals surface area contributed by atoms with Crippen molar-refractivity contribution in [3.8, 4) is 11.4 Å². The van der Waals surface area contributed by atoms with Crippen LogP contribution < -0.4 is 4.74 Å². The number of hydrogen-bond acceptors (Lipinski definition) is 4. The third kappa shape index (κ3) is 3.56. The number of rotatable bonds is 4. The number of carbonyl (C=O) groups excluding carboxylic acids is 1. The highest BCUT2D eigenvalue weighted by molar-refractivity contribution is 5.94. The van der Waals surface area contributed by atoms with E-state index in [1.54, 1.807) is 24.2 Å². The van der Waals surface area contributed by atoms with Crippen molar-refractivity contribution in [1.82, 2.24) is 19.7 Å². The normalized spacial score (nSPS) is 14.9. The predicted octanol–water partition coefficient (Wildman–Crippen LogP) is 3.30. The first-order chi connectivity index (χ1) is 13.3. The molecule has 0 atom stereocenters. The highest BCUT2D eigenvalue weighted by atomic mass is 16.5. The van der Waals surface area contributed by atoms with Crippen LogP contribution in [0.3, 0.4) is 0 Å². The quantitative estimate of drug-likeness (QED) is 0.714. The molecule has 4 rings (SSSR count). The number of aromatic nitrogens is 3. The van der Waals surface area contributed by atoms with Gasteiger partial charge in [-0.1, -0.05) is 12.1 Å². The van der Waals surface area contributed by atoms with E-state index in [0.29, 0.717) is 11.5 Å². The maximum absolute atomic E-state index is 12.9. The molecule has 6 heteroatoms. The van der Waals surface area contributed by atoms with Crippen molar-refractivity contribution in [2.75, 3.05) is 20.2 Å². The van der Waals surface area contributed by atoms with Gasteiger partial charge in [0, 0.05) is 31.7 Å². The third-order valence-corrected chi connectivity index (χ3v) is 5.12. The molecule has 0 unspecified atom stereocenters. The van der Waals surface area contributed by atoms with Crippen LogP contribution >= 0.6 is 0 Å². The number of benzene rings is 1. The zero-order valence-corrected chi connectivity index (χ0v) is 15.3. The molecule has 3 aromatic rings. The summed E-state index contributed by atoms with van der Waals surface area (Å²) in [5.41, 5.74) is 2.72. The van der Waals surface area contributed by atoms with E-state index in [1.807, 2.05) is 41.6 Å². The minimum atomic E-state index is 0.0318. The van der Waals surface area contributed by atoms with Crippen molar-refractivity contribution >= 4 is 5.91 Å². The number of likely N-dealkylation sites (tertiary alicyclic amines) is 1. The molecule has 2 aromatic heterocycles. The van der Waals surface area contributed by atoms with Gasteiger partial charge in [0.25, 0.3) is 5.91 Å². The van der Waals surface area contributed by atoms with Gasteiger partial charge in [0.2, 0.25) is 0 Å². The van der Waals surface area contributed by atoms with Crippen LogP contribution in [0.5, 0.6) is 5.75 Å². The average Bonchev–Trinajstić information content (AvgIpc) is 3.24. The molecule has 1 aliphatic heterocycles. The van der Waals surface area contributed by atoms with E-state index in [4.69, 9.17) is 4.74 Å². The molecule has 1 fully saturated rings. The van der Waals surface area contributed by atoms with Gasteiger partial charge in [-0.15, -0.1) is 0 Å². The summed E-state index contributed by atoms with van der Waals surface area (Å²) in [6, 6.07) is 11.8. The first-order valence-electron chi connectivity index (χ1n) is 9.13. The van der Waals surface area contributed by atoms with Gasteiger partial charge in [-0.2, -0.15) is 5.10 Å². The van der Waals surface area contributed by atoms with E-state index in [-0.39, 0.29) is 5.91 Å². The molecule has 6 nitrogen and oxygen atoms in total. The summed E-state index contributed by atoms with van der Waals surface area (Å²) in [5.74, 6) is 1.25. The van der Waals surface area contributed by atoms with E-state index in [1.165, 1.54) is 5.56 Å². The fourth-order valence-corrected chi connectivity index (χ4v) is 3.62. The van der Waals surface area contributed by atoms with Crippen LogP contribution in [-0.4, -0.2) is 45.8 Å². The fourth-order valence-electron chi connectivity index (χ4n) is 3.62. The lowest BCUT2D eigenvalue weighted by molar-refractivity contribution is 0.0713. The van der Waals surface area contributed by atoms with Gasteiger partial charge in [-0.3, -0.25) is 9.78 Å². The number of amides is 1. The van der Waals surface area contributed by atoms with Crippen LogP contribution in [0.1, 0.15) is 34.7 Å². The Hall–Kier alpha value is -3.15. The maximum atomic E-state index is 12.9. The number of methoxy groups -OCH3 is 1. The fraction of sp³-hybridized carbons (Fsp3) is 0.286. The Morgan fingerprint density at radius 2 is 1.85 bits per heavy atom. The van der Waals surface area contributed by atoms with Crippen molar-refractivity contribution in [3.05, 3.63) is 72.3 Å². The first kappa shape index (κ1) is 17.3. The van der Waals surface area contributed by atoms with Gasteiger partial charge in [-0.05, 0) is 48.6 Å². The van der Waals surface area contributed by atoms with E-state index in [2.05, 4.69) is 22.2 Å². The molecule has 0 N–H and O–H groups in total. The van der Waals surface area contributed by atoms with Crippen LogP contribution in [0.2, 0.25) is 0 Å². The Morgan fingerprint density at radius 3 is 2.59 bits per heavy atom. The number of pyridine rings is 1. The zero-order chi connectivity index (χ0) is 18.6. The Bertz CT molecular complexity index is 915. The van der Waals surface area contributed by atoms with Crippen molar-refractivity contribution in [2.24, 2.45) is 0 Å². The predicted molar refractivity (Wildman–Crippen MR) is 102 cm³/mol. The zero-order valence-electron chi connectivity index (χ0n) is 15.3. The lowest BCUT2D eigenvalue weighted by Gasteiger charge is -2.32. The van der Waals surface area contributed by atoms with E-state index >= 15 is 0 Å². The highest BCUT2D eigenvalue weighted by Crippen LogP contribution is 2.28. The maximum Gasteiger partial charge on any atom is 0.257 e. The molecule has 1 saturated heterocycles. The average molecular weight is 362 g/mol. The summed E-state index contributed by atoms with van der Waals surface area (Å²) < 4.78 is 7.07. The van der Waals surface area contributed by atoms with Crippen LogP contribution in [0.15, 0.2) is 61.2 Å². The number of para-hydroxylation sites is 2. The standard InChI is InChI=1S/C21H22N4O2/c1-27-20-5-3-2-4-19(20)25-15-18(14-23-25)21(26)24-12-8-17(9-13-24)16-6-10-22-11-7-16/h2-7,10-11,14-15,17H,8-9,12-13H2,1H3. The molecule has 27 heavy (non-hydrogen) atoms. The second-order valence-corrected chi connectivity index (χ2v) is 6.69. The third-order valence-electron chi connectivity index (χ3n) is 5.12. The molecule has 0 saturated carbocycles. The highest BCUT2D eigenvalue weighted by Gasteiger charge is 2.25. The summed E-state index contributed by atoms with van der Waals surface area (Å²) in [7, 11) is 1.63. The summed E-state index contributed by atoms with van der Waals surface area (Å²) >= 11 is 0. The molecular weight excluding hydrogens is 340 g/mol. The minimum Gasteiger partial charge on any atom is -0.494 e. The van der Waals surface area contributed by atoms with Crippen LogP contribution in [0.25, 0.3) is 5.69 Å². The molecule has 0 radical (unpaired) electrons. The smallest absolute Gasteiger partial charge is 0.257 e. The van der Waals surface area contributed by atoms with Crippen molar-refractivity contribution in [2.45, 2.75) is 18.8 Å². The molecule has 0 spiro atoms. The summed E-state index contributed by atoms with van der Waals surface area (Å²) in [5, 5.41) is 4.36. The molecular formula is C21H22N4O2. The van der Waals surface area contributed by atoms with Gasteiger partial charge in [-0.25, -0.2) is 4.68 Å². The lowest BCUT2D eigenvalue weighted by Crippen LogP contribution is -2.37.